The summed E-state index contributed by atoms with van der Waals surface area (Å²) in [5.41, 5.74) is 2.83. The molecule has 35 heavy (non-hydrogen) atoms. The first kappa shape index (κ1) is 24.4. The highest BCUT2D eigenvalue weighted by molar-refractivity contribution is 8.05. The molecule has 0 saturated carbocycles. The van der Waals surface area contributed by atoms with E-state index in [9.17, 15) is 14.9 Å². The number of rotatable bonds is 6. The van der Waals surface area contributed by atoms with Crippen molar-refractivity contribution in [1.29, 1.82) is 5.26 Å². The van der Waals surface area contributed by atoms with E-state index in [0.717, 1.165) is 11.1 Å². The number of para-hydroxylation sites is 1. The molecule has 1 N–H and O–H groups in total. The number of carbonyl (C=O) groups is 2. The van der Waals surface area contributed by atoms with E-state index in [1.54, 1.807) is 55.6 Å². The summed E-state index contributed by atoms with van der Waals surface area (Å²) < 4.78 is 5.14. The van der Waals surface area contributed by atoms with Gasteiger partial charge in [0.1, 0.15) is 22.4 Å². The zero-order valence-electron chi connectivity index (χ0n) is 19.1. The van der Waals surface area contributed by atoms with Crippen LogP contribution >= 0.6 is 23.4 Å². The molecule has 6 nitrogen and oxygen atoms in total. The summed E-state index contributed by atoms with van der Waals surface area (Å²) in [5, 5.41) is 13.1. The number of halogens is 1. The molecule has 0 radical (unpaired) electrons. The van der Waals surface area contributed by atoms with Gasteiger partial charge in [-0.2, -0.15) is 5.26 Å². The second kappa shape index (κ2) is 10.7. The van der Waals surface area contributed by atoms with E-state index < -0.39 is 11.2 Å². The van der Waals surface area contributed by atoms with Crippen LogP contribution in [0.4, 0.5) is 11.4 Å². The SMILES string of the molecule is COc1ccc(NC(=O)C(C#N)=C2SC(Cc3ccc(C)c(Cl)c3)C(=O)N2c2ccccc2)cc1. The predicted molar refractivity (Wildman–Crippen MR) is 139 cm³/mol. The monoisotopic (exact) mass is 503 g/mol. The topological polar surface area (TPSA) is 82.4 Å². The van der Waals surface area contributed by atoms with Crippen LogP contribution < -0.4 is 15.0 Å². The third-order valence-corrected chi connectivity index (χ3v) is 7.20. The molecule has 1 unspecified atom stereocenters. The van der Waals surface area contributed by atoms with Gasteiger partial charge in [-0.3, -0.25) is 14.5 Å². The molecule has 8 heteroatoms. The number of amides is 2. The van der Waals surface area contributed by atoms with Crippen LogP contribution in [0.3, 0.4) is 0 Å². The summed E-state index contributed by atoms with van der Waals surface area (Å²) in [5.74, 6) is -0.140. The number of ether oxygens (including phenoxy) is 1. The molecule has 1 aliphatic heterocycles. The van der Waals surface area contributed by atoms with Crippen molar-refractivity contribution in [3.63, 3.8) is 0 Å². The summed E-state index contributed by atoms with van der Waals surface area (Å²) in [6.45, 7) is 1.92. The molecule has 2 amide bonds. The van der Waals surface area contributed by atoms with Gasteiger partial charge in [-0.15, -0.1) is 0 Å². The highest BCUT2D eigenvalue weighted by Crippen LogP contribution is 2.42. The van der Waals surface area contributed by atoms with Crippen molar-refractivity contribution in [2.45, 2.75) is 18.6 Å². The molecule has 1 aliphatic rings. The predicted octanol–water partition coefficient (Wildman–Crippen LogP) is 5.72. The number of carbonyl (C=O) groups excluding carboxylic acids is 2. The first-order valence-electron chi connectivity index (χ1n) is 10.8. The molecule has 1 fully saturated rings. The second-order valence-corrected chi connectivity index (χ2v) is 9.48. The van der Waals surface area contributed by atoms with Gasteiger partial charge in [0, 0.05) is 16.4 Å². The molecule has 1 atom stereocenters. The van der Waals surface area contributed by atoms with E-state index in [2.05, 4.69) is 5.32 Å². The third-order valence-electron chi connectivity index (χ3n) is 5.53. The van der Waals surface area contributed by atoms with Crippen molar-refractivity contribution >= 4 is 46.6 Å². The normalized spacial score (nSPS) is 16.6. The van der Waals surface area contributed by atoms with E-state index in [1.807, 2.05) is 37.3 Å². The number of benzene rings is 3. The zero-order valence-corrected chi connectivity index (χ0v) is 20.7. The Labute approximate surface area is 213 Å². The molecule has 3 aromatic rings. The minimum Gasteiger partial charge on any atom is -0.497 e. The Hall–Kier alpha value is -3.73. The number of thioether (sulfide) groups is 1. The Morgan fingerprint density at radius 2 is 1.86 bits per heavy atom. The van der Waals surface area contributed by atoms with E-state index in [4.69, 9.17) is 16.3 Å². The van der Waals surface area contributed by atoms with E-state index in [1.165, 1.54) is 16.7 Å². The average molecular weight is 504 g/mol. The highest BCUT2D eigenvalue weighted by Gasteiger charge is 2.40. The summed E-state index contributed by atoms with van der Waals surface area (Å²) in [6.07, 6.45) is 0.412. The molecule has 4 rings (SSSR count). The minimum absolute atomic E-state index is 0.132. The van der Waals surface area contributed by atoms with E-state index in [0.29, 0.717) is 33.6 Å². The first-order valence-corrected chi connectivity index (χ1v) is 12.1. The van der Waals surface area contributed by atoms with Crippen LogP contribution in [0.15, 0.2) is 83.4 Å². The second-order valence-electron chi connectivity index (χ2n) is 7.88. The van der Waals surface area contributed by atoms with Crippen molar-refractivity contribution in [2.24, 2.45) is 0 Å². The average Bonchev–Trinajstić information content (AvgIpc) is 3.18. The Morgan fingerprint density at radius 3 is 2.49 bits per heavy atom. The Morgan fingerprint density at radius 1 is 1.14 bits per heavy atom. The third kappa shape index (κ3) is 5.35. The first-order chi connectivity index (χ1) is 16.9. The maximum absolute atomic E-state index is 13.5. The van der Waals surface area contributed by atoms with Gasteiger partial charge in [0.15, 0.2) is 0 Å². The molecule has 0 bridgehead atoms. The fourth-order valence-corrected chi connectivity index (χ4v) is 5.16. The van der Waals surface area contributed by atoms with E-state index in [-0.39, 0.29) is 11.5 Å². The number of aryl methyl sites for hydroxylation is 1. The molecule has 1 saturated heterocycles. The van der Waals surface area contributed by atoms with Crippen LogP contribution in [0.2, 0.25) is 5.02 Å². The van der Waals surface area contributed by atoms with Gasteiger partial charge in [0.2, 0.25) is 5.91 Å². The van der Waals surface area contributed by atoms with Crippen molar-refractivity contribution in [3.8, 4) is 11.8 Å². The standard InChI is InChI=1S/C27H22ClN3O3S/c1-17-8-9-18(14-23(17)28)15-24-26(33)31(20-6-4-3-5-7-20)27(35-24)22(16-29)25(32)30-19-10-12-21(34-2)13-11-19/h3-14,24H,15H2,1-2H3,(H,30,32). The van der Waals surface area contributed by atoms with Crippen molar-refractivity contribution in [3.05, 3.63) is 99.5 Å². The van der Waals surface area contributed by atoms with Crippen LogP contribution in [0.1, 0.15) is 11.1 Å². The number of nitrogens with zero attached hydrogens (tertiary/aromatic N) is 2. The molecular weight excluding hydrogens is 482 g/mol. The van der Waals surface area contributed by atoms with Gasteiger partial charge in [0.25, 0.3) is 5.91 Å². The number of nitrogens with one attached hydrogen (secondary N) is 1. The van der Waals surface area contributed by atoms with Gasteiger partial charge < -0.3 is 10.1 Å². The fourth-order valence-electron chi connectivity index (χ4n) is 3.64. The number of hydrogen-bond donors (Lipinski definition) is 1. The molecule has 0 aromatic heterocycles. The van der Waals surface area contributed by atoms with Crippen molar-refractivity contribution < 1.29 is 14.3 Å². The lowest BCUT2D eigenvalue weighted by Gasteiger charge is -2.18. The number of hydrogen-bond acceptors (Lipinski definition) is 5. The summed E-state index contributed by atoms with van der Waals surface area (Å²) >= 11 is 7.50. The zero-order chi connectivity index (χ0) is 24.9. The Balaban J connectivity index is 1.69. The smallest absolute Gasteiger partial charge is 0.269 e. The number of nitriles is 1. The highest BCUT2D eigenvalue weighted by atomic mass is 35.5. The summed E-state index contributed by atoms with van der Waals surface area (Å²) in [6, 6.07) is 23.5. The van der Waals surface area contributed by atoms with Crippen molar-refractivity contribution in [1.82, 2.24) is 0 Å². The van der Waals surface area contributed by atoms with Crippen LogP contribution in [-0.4, -0.2) is 24.2 Å². The molecule has 0 spiro atoms. The summed E-state index contributed by atoms with van der Waals surface area (Å²) in [7, 11) is 1.55. The van der Waals surface area contributed by atoms with Crippen LogP contribution in [0, 0.1) is 18.3 Å². The maximum Gasteiger partial charge on any atom is 0.269 e. The lowest BCUT2D eigenvalue weighted by molar-refractivity contribution is -0.117. The van der Waals surface area contributed by atoms with Crippen LogP contribution in [0.25, 0.3) is 0 Å². The molecule has 0 aliphatic carbocycles. The number of methoxy groups -OCH3 is 1. The van der Waals surface area contributed by atoms with Crippen LogP contribution in [0.5, 0.6) is 5.75 Å². The Bertz CT molecular complexity index is 1330. The van der Waals surface area contributed by atoms with Gasteiger partial charge in [-0.05, 0) is 66.9 Å². The Kier molecular flexibility index (Phi) is 7.45. The van der Waals surface area contributed by atoms with Gasteiger partial charge in [-0.1, -0.05) is 53.7 Å². The van der Waals surface area contributed by atoms with Crippen LogP contribution in [-0.2, 0) is 16.0 Å². The molecule has 3 aromatic carbocycles. The fraction of sp³-hybridized carbons (Fsp3) is 0.148. The number of anilines is 2. The molecular formula is C27H22ClN3O3S. The maximum atomic E-state index is 13.5. The van der Waals surface area contributed by atoms with Gasteiger partial charge in [-0.25, -0.2) is 0 Å². The van der Waals surface area contributed by atoms with Gasteiger partial charge in [0.05, 0.1) is 12.4 Å². The van der Waals surface area contributed by atoms with Crippen molar-refractivity contribution in [2.75, 3.05) is 17.3 Å². The molecule has 176 valence electrons. The lowest BCUT2D eigenvalue weighted by atomic mass is 10.1. The van der Waals surface area contributed by atoms with Gasteiger partial charge >= 0.3 is 0 Å². The van der Waals surface area contributed by atoms with E-state index >= 15 is 0 Å². The molecule has 1 heterocycles. The minimum atomic E-state index is -0.590. The lowest BCUT2D eigenvalue weighted by Crippen LogP contribution is -2.30. The largest absolute Gasteiger partial charge is 0.497 e. The summed E-state index contributed by atoms with van der Waals surface area (Å²) in [4.78, 5) is 28.1. The quantitative estimate of drug-likeness (QED) is 0.343.